The minimum atomic E-state index is -0.462. The first-order valence-electron chi connectivity index (χ1n) is 11.4. The lowest BCUT2D eigenvalue weighted by Crippen LogP contribution is -2.51. The van der Waals surface area contributed by atoms with Gasteiger partial charge in [-0.05, 0) is 37.9 Å². The van der Waals surface area contributed by atoms with E-state index in [0.717, 1.165) is 60.2 Å². The minimum absolute atomic E-state index is 0.00533. The van der Waals surface area contributed by atoms with Crippen LogP contribution in [0.4, 0.5) is 0 Å². The molecule has 0 aliphatic carbocycles. The Balaban J connectivity index is 1.35. The average molecular weight is 432 g/mol. The van der Waals surface area contributed by atoms with Crippen LogP contribution in [0.3, 0.4) is 0 Å². The van der Waals surface area contributed by atoms with Gasteiger partial charge in [-0.15, -0.1) is 0 Å². The molecule has 6 nitrogen and oxygen atoms in total. The molecule has 2 unspecified atom stereocenters. The van der Waals surface area contributed by atoms with Crippen molar-refractivity contribution < 1.29 is 4.79 Å². The van der Waals surface area contributed by atoms with Crippen molar-refractivity contribution in [3.63, 3.8) is 0 Å². The molecule has 6 heteroatoms. The Morgan fingerprint density at radius 3 is 2.59 bits per heavy atom. The van der Waals surface area contributed by atoms with Gasteiger partial charge < -0.3 is 9.47 Å². The second-order valence-electron chi connectivity index (χ2n) is 9.60. The number of benzene rings is 2. The third-order valence-corrected chi connectivity index (χ3v) is 7.51. The third-order valence-electron chi connectivity index (χ3n) is 7.51. The molecule has 0 amide bonds. The van der Waals surface area contributed by atoms with Crippen molar-refractivity contribution in [2.24, 2.45) is 7.05 Å². The summed E-state index contributed by atoms with van der Waals surface area (Å²) in [5, 5.41) is 0. The van der Waals surface area contributed by atoms with Crippen molar-refractivity contribution >= 4 is 16.8 Å². The third kappa shape index (κ3) is 3.08. The van der Waals surface area contributed by atoms with Gasteiger partial charge in [-0.25, -0.2) is 0 Å². The Morgan fingerprint density at radius 1 is 1.09 bits per heavy atom. The molecule has 0 N–H and O–H groups in total. The predicted molar refractivity (Wildman–Crippen MR) is 126 cm³/mol. The molecule has 2 aromatic carbocycles. The Kier molecular flexibility index (Phi) is 4.93. The SMILES string of the molecule is Cc1ccc(C(=O)CCCN2CCC3n4c(=O)c(=O)n(C)c5cccc(c54)C3(C)C2)cc1. The first-order chi connectivity index (χ1) is 15.3. The summed E-state index contributed by atoms with van der Waals surface area (Å²) in [7, 11) is 1.68. The summed E-state index contributed by atoms with van der Waals surface area (Å²) in [5.74, 6) is 0.186. The van der Waals surface area contributed by atoms with Gasteiger partial charge in [0.2, 0.25) is 0 Å². The molecular weight excluding hydrogens is 402 g/mol. The molecule has 1 saturated heterocycles. The second kappa shape index (κ2) is 7.55. The van der Waals surface area contributed by atoms with E-state index in [9.17, 15) is 14.4 Å². The molecule has 5 rings (SSSR count). The Hall–Kier alpha value is -2.99. The smallest absolute Gasteiger partial charge is 0.305 e. The van der Waals surface area contributed by atoms with Gasteiger partial charge in [-0.2, -0.15) is 0 Å². The summed E-state index contributed by atoms with van der Waals surface area (Å²) in [6, 6.07) is 13.8. The van der Waals surface area contributed by atoms with Crippen LogP contribution in [0.25, 0.3) is 11.0 Å². The lowest BCUT2D eigenvalue weighted by Gasteiger charge is -2.43. The molecule has 3 heterocycles. The van der Waals surface area contributed by atoms with Crippen molar-refractivity contribution in [1.82, 2.24) is 14.0 Å². The van der Waals surface area contributed by atoms with E-state index in [4.69, 9.17) is 0 Å². The minimum Gasteiger partial charge on any atom is -0.305 e. The number of para-hydroxylation sites is 1. The first-order valence-corrected chi connectivity index (χ1v) is 11.4. The van der Waals surface area contributed by atoms with Crippen LogP contribution >= 0.6 is 0 Å². The number of nitrogens with zero attached hydrogens (tertiary/aromatic N) is 3. The van der Waals surface area contributed by atoms with E-state index in [1.807, 2.05) is 43.3 Å². The van der Waals surface area contributed by atoms with Crippen LogP contribution in [-0.4, -0.2) is 39.5 Å². The number of aromatic nitrogens is 2. The fourth-order valence-corrected chi connectivity index (χ4v) is 5.76. The largest absolute Gasteiger partial charge is 0.317 e. The number of Topliss-reactive ketones (excluding diaryl/α,β-unsaturated/α-hetero) is 1. The molecule has 2 aliphatic heterocycles. The Bertz CT molecular complexity index is 1340. The maximum atomic E-state index is 12.9. The molecule has 0 radical (unpaired) electrons. The van der Waals surface area contributed by atoms with Gasteiger partial charge in [0.1, 0.15) is 0 Å². The van der Waals surface area contributed by atoms with Gasteiger partial charge >= 0.3 is 11.1 Å². The monoisotopic (exact) mass is 431 g/mol. The van der Waals surface area contributed by atoms with Crippen molar-refractivity contribution in [3.05, 3.63) is 79.9 Å². The van der Waals surface area contributed by atoms with Crippen molar-refractivity contribution in [2.45, 2.75) is 44.6 Å². The molecule has 2 aliphatic rings. The number of carbonyl (C=O) groups excluding carboxylic acids is 1. The highest BCUT2D eigenvalue weighted by Crippen LogP contribution is 2.49. The lowest BCUT2D eigenvalue weighted by atomic mass is 9.74. The number of piperidine rings is 1. The van der Waals surface area contributed by atoms with Crippen LogP contribution in [-0.2, 0) is 12.5 Å². The highest BCUT2D eigenvalue weighted by Gasteiger charge is 2.48. The van der Waals surface area contributed by atoms with E-state index < -0.39 is 11.1 Å². The van der Waals surface area contributed by atoms with Gasteiger partial charge in [0.15, 0.2) is 5.78 Å². The summed E-state index contributed by atoms with van der Waals surface area (Å²) in [6.45, 7) is 6.76. The predicted octanol–water partition coefficient (Wildman–Crippen LogP) is 3.19. The van der Waals surface area contributed by atoms with Crippen LogP contribution in [0.2, 0.25) is 0 Å². The first kappa shape index (κ1) is 20.9. The summed E-state index contributed by atoms with van der Waals surface area (Å²) >= 11 is 0. The molecule has 1 aromatic heterocycles. The number of hydrogen-bond donors (Lipinski definition) is 0. The number of carbonyl (C=O) groups is 1. The Morgan fingerprint density at radius 2 is 1.84 bits per heavy atom. The van der Waals surface area contributed by atoms with Crippen molar-refractivity contribution in [3.8, 4) is 0 Å². The number of rotatable bonds is 5. The van der Waals surface area contributed by atoms with Crippen LogP contribution in [0, 0.1) is 6.92 Å². The fraction of sp³-hybridized carbons (Fsp3) is 0.423. The molecule has 2 atom stereocenters. The highest BCUT2D eigenvalue weighted by molar-refractivity contribution is 5.96. The van der Waals surface area contributed by atoms with E-state index in [-0.39, 0.29) is 17.2 Å². The number of aryl methyl sites for hydroxylation is 2. The summed E-state index contributed by atoms with van der Waals surface area (Å²) < 4.78 is 3.25. The summed E-state index contributed by atoms with van der Waals surface area (Å²) in [6.07, 6.45) is 2.16. The normalized spacial score (nSPS) is 22.3. The van der Waals surface area contributed by atoms with Crippen LogP contribution in [0.15, 0.2) is 52.1 Å². The zero-order chi connectivity index (χ0) is 22.6. The van der Waals surface area contributed by atoms with E-state index in [1.165, 1.54) is 4.57 Å². The van der Waals surface area contributed by atoms with Crippen LogP contribution in [0.1, 0.15) is 53.7 Å². The lowest BCUT2D eigenvalue weighted by molar-refractivity contribution is 0.0944. The number of likely N-dealkylation sites (tertiary alicyclic amines) is 1. The average Bonchev–Trinajstić information content (AvgIpc) is 3.05. The van der Waals surface area contributed by atoms with Crippen molar-refractivity contribution in [1.29, 1.82) is 0 Å². The van der Waals surface area contributed by atoms with Gasteiger partial charge in [-0.3, -0.25) is 19.0 Å². The van der Waals surface area contributed by atoms with Gasteiger partial charge in [-0.1, -0.05) is 48.9 Å². The molecule has 0 bridgehead atoms. The number of fused-ring (bicyclic) bond motifs is 3. The maximum Gasteiger partial charge on any atom is 0.317 e. The van der Waals surface area contributed by atoms with Gasteiger partial charge in [0, 0.05) is 43.6 Å². The molecular formula is C26H29N3O3. The Labute approximate surface area is 187 Å². The molecule has 0 saturated carbocycles. The molecule has 3 aromatic rings. The van der Waals surface area contributed by atoms with E-state index in [2.05, 4.69) is 17.9 Å². The van der Waals surface area contributed by atoms with Gasteiger partial charge in [0.25, 0.3) is 0 Å². The fourth-order valence-electron chi connectivity index (χ4n) is 5.76. The molecule has 1 fully saturated rings. The van der Waals surface area contributed by atoms with Crippen molar-refractivity contribution in [2.75, 3.05) is 19.6 Å². The zero-order valence-electron chi connectivity index (χ0n) is 18.9. The molecule has 166 valence electrons. The number of hydrogen-bond acceptors (Lipinski definition) is 4. The standard InChI is InChI=1S/C26H29N3O3/c1-17-9-11-18(12-10-17)21(30)8-5-14-28-15-13-22-26(2,16-28)19-6-4-7-20-23(19)29(22)25(32)24(31)27(20)3/h4,6-7,9-12,22H,5,8,13-16H2,1-3H3. The highest BCUT2D eigenvalue weighted by atomic mass is 16.2. The number of ketones is 1. The molecule has 32 heavy (non-hydrogen) atoms. The quantitative estimate of drug-likeness (QED) is 0.460. The second-order valence-corrected chi connectivity index (χ2v) is 9.60. The summed E-state index contributed by atoms with van der Waals surface area (Å²) in [4.78, 5) is 40.4. The van der Waals surface area contributed by atoms with E-state index in [0.29, 0.717) is 6.42 Å². The van der Waals surface area contributed by atoms with E-state index in [1.54, 1.807) is 11.6 Å². The maximum absolute atomic E-state index is 12.9. The van der Waals surface area contributed by atoms with Gasteiger partial charge in [0.05, 0.1) is 11.0 Å². The van der Waals surface area contributed by atoms with Crippen LogP contribution in [0.5, 0.6) is 0 Å². The van der Waals surface area contributed by atoms with E-state index >= 15 is 0 Å². The topological polar surface area (TPSA) is 64.3 Å². The zero-order valence-corrected chi connectivity index (χ0v) is 18.9. The molecule has 0 spiro atoms. The summed E-state index contributed by atoms with van der Waals surface area (Å²) in [5.41, 5.74) is 3.69. The van der Waals surface area contributed by atoms with Crippen LogP contribution < -0.4 is 11.1 Å².